The lowest BCUT2D eigenvalue weighted by Crippen LogP contribution is -2.00. The Morgan fingerprint density at radius 1 is 1.00 bits per heavy atom. The van der Waals surface area contributed by atoms with E-state index in [-0.39, 0.29) is 0 Å². The number of rotatable bonds is 6. The van der Waals surface area contributed by atoms with Gasteiger partial charge in [0.1, 0.15) is 5.75 Å². The molecule has 4 aromatic rings. The van der Waals surface area contributed by atoms with Crippen LogP contribution in [0.2, 0.25) is 0 Å². The Kier molecular flexibility index (Phi) is 5.12. The molecular formula is C20H19N5O2S. The van der Waals surface area contributed by atoms with Crippen molar-refractivity contribution in [2.24, 2.45) is 0 Å². The number of methoxy groups -OCH3 is 1. The highest BCUT2D eigenvalue weighted by atomic mass is 32.2. The highest BCUT2D eigenvalue weighted by Crippen LogP contribution is 2.30. The fraction of sp³-hybridized carbons (Fsp3) is 0.200. The van der Waals surface area contributed by atoms with E-state index in [0.717, 1.165) is 33.5 Å². The maximum Gasteiger partial charge on any atom is 0.226 e. The van der Waals surface area contributed by atoms with Crippen LogP contribution in [0, 0.1) is 13.8 Å². The van der Waals surface area contributed by atoms with Crippen molar-refractivity contribution in [1.29, 1.82) is 0 Å². The van der Waals surface area contributed by atoms with Crippen LogP contribution in [0.4, 0.5) is 0 Å². The van der Waals surface area contributed by atoms with Gasteiger partial charge >= 0.3 is 0 Å². The lowest BCUT2D eigenvalue weighted by Gasteiger charge is -2.11. The van der Waals surface area contributed by atoms with Crippen molar-refractivity contribution in [2.45, 2.75) is 24.8 Å². The second kappa shape index (κ2) is 7.85. The lowest BCUT2D eigenvalue weighted by atomic mass is 10.1. The summed E-state index contributed by atoms with van der Waals surface area (Å²) in [4.78, 5) is 0. The van der Waals surface area contributed by atoms with E-state index in [1.165, 1.54) is 11.8 Å². The summed E-state index contributed by atoms with van der Waals surface area (Å²) in [6, 6.07) is 16.0. The molecule has 7 nitrogen and oxygen atoms in total. The summed E-state index contributed by atoms with van der Waals surface area (Å²) in [5.41, 5.74) is 3.12. The molecule has 2 aromatic carbocycles. The van der Waals surface area contributed by atoms with E-state index in [1.54, 1.807) is 14.0 Å². The zero-order chi connectivity index (χ0) is 19.5. The first-order valence-electron chi connectivity index (χ1n) is 8.72. The molecular weight excluding hydrogens is 374 g/mol. The smallest absolute Gasteiger partial charge is 0.226 e. The van der Waals surface area contributed by atoms with E-state index < -0.39 is 0 Å². The maximum atomic E-state index is 5.47. The summed E-state index contributed by atoms with van der Waals surface area (Å²) >= 11 is 1.50. The van der Waals surface area contributed by atoms with Crippen LogP contribution in [0.25, 0.3) is 17.1 Å². The molecule has 0 saturated heterocycles. The largest absolute Gasteiger partial charge is 0.497 e. The molecule has 0 spiro atoms. The average Bonchev–Trinajstić information content (AvgIpc) is 3.32. The van der Waals surface area contributed by atoms with Gasteiger partial charge in [-0.3, -0.25) is 4.57 Å². The van der Waals surface area contributed by atoms with Gasteiger partial charge in [0.15, 0.2) is 11.0 Å². The van der Waals surface area contributed by atoms with Crippen LogP contribution in [0.1, 0.15) is 17.3 Å². The van der Waals surface area contributed by atoms with Gasteiger partial charge in [0.25, 0.3) is 0 Å². The molecule has 0 unspecified atom stereocenters. The normalized spacial score (nSPS) is 11.0. The van der Waals surface area contributed by atoms with Crippen LogP contribution in [-0.4, -0.2) is 32.1 Å². The van der Waals surface area contributed by atoms with Gasteiger partial charge in [0, 0.05) is 18.2 Å². The van der Waals surface area contributed by atoms with E-state index in [2.05, 4.69) is 39.5 Å². The van der Waals surface area contributed by atoms with Gasteiger partial charge in [-0.25, -0.2) is 0 Å². The van der Waals surface area contributed by atoms with E-state index in [4.69, 9.17) is 9.15 Å². The number of nitrogens with zero attached hydrogens (tertiary/aromatic N) is 5. The van der Waals surface area contributed by atoms with E-state index in [1.807, 2.05) is 41.0 Å². The zero-order valence-corrected chi connectivity index (χ0v) is 16.6. The first-order chi connectivity index (χ1) is 13.6. The number of hydrogen-bond donors (Lipinski definition) is 0. The summed E-state index contributed by atoms with van der Waals surface area (Å²) in [7, 11) is 1.65. The van der Waals surface area contributed by atoms with Crippen molar-refractivity contribution in [2.75, 3.05) is 7.11 Å². The fourth-order valence-electron chi connectivity index (χ4n) is 2.82. The van der Waals surface area contributed by atoms with Crippen LogP contribution in [-0.2, 0) is 5.75 Å². The minimum Gasteiger partial charge on any atom is -0.497 e. The predicted octanol–water partition coefficient (Wildman–Crippen LogP) is 4.24. The Labute approximate surface area is 166 Å². The second-order valence-electron chi connectivity index (χ2n) is 6.21. The molecule has 0 radical (unpaired) electrons. The van der Waals surface area contributed by atoms with Crippen molar-refractivity contribution in [3.63, 3.8) is 0 Å². The van der Waals surface area contributed by atoms with Crippen LogP contribution in [0.5, 0.6) is 5.75 Å². The highest BCUT2D eigenvalue weighted by Gasteiger charge is 2.17. The summed E-state index contributed by atoms with van der Waals surface area (Å²) < 4.78 is 12.8. The van der Waals surface area contributed by atoms with E-state index >= 15 is 0 Å². The van der Waals surface area contributed by atoms with Gasteiger partial charge in [0.05, 0.1) is 12.9 Å². The number of hydrogen-bond acceptors (Lipinski definition) is 7. The molecule has 0 N–H and O–H groups in total. The summed E-state index contributed by atoms with van der Waals surface area (Å²) in [5, 5.41) is 17.5. The van der Waals surface area contributed by atoms with Crippen molar-refractivity contribution >= 4 is 11.8 Å². The van der Waals surface area contributed by atoms with Crippen LogP contribution < -0.4 is 4.74 Å². The monoisotopic (exact) mass is 393 g/mol. The number of ether oxygens (including phenoxy) is 1. The topological polar surface area (TPSA) is 78.9 Å². The molecule has 2 heterocycles. The Morgan fingerprint density at radius 3 is 2.50 bits per heavy atom. The summed E-state index contributed by atoms with van der Waals surface area (Å²) in [6.45, 7) is 3.84. The zero-order valence-electron chi connectivity index (χ0n) is 15.8. The first-order valence-corrected chi connectivity index (χ1v) is 9.71. The lowest BCUT2D eigenvalue weighted by molar-refractivity contribution is 0.414. The molecule has 0 aliphatic carbocycles. The molecule has 142 valence electrons. The third kappa shape index (κ3) is 3.77. The molecule has 0 bridgehead atoms. The van der Waals surface area contributed by atoms with Crippen molar-refractivity contribution in [3.8, 4) is 22.8 Å². The van der Waals surface area contributed by atoms with Crippen LogP contribution in [0.3, 0.4) is 0 Å². The maximum absolute atomic E-state index is 5.47. The van der Waals surface area contributed by atoms with Crippen molar-refractivity contribution in [3.05, 3.63) is 65.9 Å². The van der Waals surface area contributed by atoms with Gasteiger partial charge in [0.2, 0.25) is 11.8 Å². The Bertz CT molecular complexity index is 1090. The Hall–Kier alpha value is -3.13. The van der Waals surface area contributed by atoms with E-state index in [0.29, 0.717) is 17.5 Å². The molecule has 4 rings (SSSR count). The molecule has 28 heavy (non-hydrogen) atoms. The molecule has 0 saturated carbocycles. The average molecular weight is 393 g/mol. The van der Waals surface area contributed by atoms with Crippen molar-refractivity contribution < 1.29 is 9.15 Å². The summed E-state index contributed by atoms with van der Waals surface area (Å²) in [6.07, 6.45) is 0. The Balaban J connectivity index is 1.74. The van der Waals surface area contributed by atoms with Gasteiger partial charge in [-0.05, 0) is 37.3 Å². The molecule has 0 fully saturated rings. The summed E-state index contributed by atoms with van der Waals surface area (Å²) in [5.74, 6) is 3.20. The third-order valence-electron chi connectivity index (χ3n) is 4.13. The quantitative estimate of drug-likeness (QED) is 0.453. The van der Waals surface area contributed by atoms with Crippen LogP contribution in [0.15, 0.2) is 58.1 Å². The third-order valence-corrected chi connectivity index (χ3v) is 5.05. The number of aromatic nitrogens is 5. The number of thioether (sulfide) groups is 1. The van der Waals surface area contributed by atoms with Gasteiger partial charge in [-0.2, -0.15) is 0 Å². The van der Waals surface area contributed by atoms with Crippen molar-refractivity contribution in [1.82, 2.24) is 25.0 Å². The standard InChI is InChI=1S/C20H19N5O2S/c1-13-5-4-6-15(11-13)19-23-24-20(28-12-18-22-21-14(2)27-18)25(19)16-7-9-17(26-3)10-8-16/h4-11H,12H2,1-3H3. The minimum atomic E-state index is 0.517. The molecule has 0 aliphatic rings. The highest BCUT2D eigenvalue weighted by molar-refractivity contribution is 7.98. The number of benzene rings is 2. The van der Waals surface area contributed by atoms with Gasteiger partial charge in [-0.1, -0.05) is 35.5 Å². The molecule has 0 atom stereocenters. The Morgan fingerprint density at radius 2 is 1.82 bits per heavy atom. The first kappa shape index (κ1) is 18.2. The van der Waals surface area contributed by atoms with Crippen LogP contribution >= 0.6 is 11.8 Å². The molecule has 0 aliphatic heterocycles. The minimum absolute atomic E-state index is 0.517. The van der Waals surface area contributed by atoms with Gasteiger partial charge < -0.3 is 9.15 Å². The van der Waals surface area contributed by atoms with Gasteiger partial charge in [-0.15, -0.1) is 20.4 Å². The van der Waals surface area contributed by atoms with E-state index in [9.17, 15) is 0 Å². The molecule has 0 amide bonds. The predicted molar refractivity (Wildman–Crippen MR) is 107 cm³/mol. The fourth-order valence-corrected chi connectivity index (χ4v) is 3.61. The second-order valence-corrected chi connectivity index (χ2v) is 7.16. The molecule has 2 aromatic heterocycles. The SMILES string of the molecule is COc1ccc(-n2c(SCc3nnc(C)o3)nnc2-c2cccc(C)c2)cc1. The molecule has 8 heteroatoms. The number of aryl methyl sites for hydroxylation is 2.